The summed E-state index contributed by atoms with van der Waals surface area (Å²) in [6.07, 6.45) is -7.96. The molecule has 13 heavy (non-hydrogen) atoms. The molecule has 1 unspecified atom stereocenters. The number of hydrogen-bond donors (Lipinski definition) is 1. The molecular weight excluding hydrogens is 222 g/mol. The monoisotopic (exact) mass is 226 g/mol. The van der Waals surface area contributed by atoms with Crippen LogP contribution >= 0.6 is 11.6 Å². The number of aliphatic hydroxyl groups is 1. The fourth-order valence-electron chi connectivity index (χ4n) is 0.513. The molecule has 0 amide bonds. The van der Waals surface area contributed by atoms with Gasteiger partial charge in [0.05, 0.1) is 0 Å². The molecule has 0 rings (SSSR count). The molecule has 0 aromatic rings. The van der Waals surface area contributed by atoms with Crippen molar-refractivity contribution in [3.05, 3.63) is 0 Å². The third kappa shape index (κ3) is 2.28. The summed E-state index contributed by atoms with van der Waals surface area (Å²) in [5, 5.41) is 3.51. The minimum absolute atomic E-state index is 0.482. The van der Waals surface area contributed by atoms with Crippen LogP contribution in [0, 0.1) is 0 Å². The number of aldehydes is 1. The normalized spacial score (nSPS) is 18.1. The molecule has 0 fully saturated rings. The quantitative estimate of drug-likeness (QED) is 0.452. The van der Waals surface area contributed by atoms with Gasteiger partial charge in [-0.25, -0.2) is 0 Å². The van der Waals surface area contributed by atoms with Gasteiger partial charge in [0.15, 0.2) is 0 Å². The first kappa shape index (κ1) is 12.6. The van der Waals surface area contributed by atoms with E-state index < -0.39 is 29.9 Å². The number of rotatable bonds is 3. The molecule has 2 nitrogen and oxygen atoms in total. The lowest BCUT2D eigenvalue weighted by Gasteiger charge is -2.31. The Morgan fingerprint density at radius 1 is 1.23 bits per heavy atom. The maximum atomic E-state index is 12.1. The van der Waals surface area contributed by atoms with E-state index in [-0.39, 0.29) is 0 Å². The maximum absolute atomic E-state index is 12.1. The van der Waals surface area contributed by atoms with Crippen LogP contribution in [-0.4, -0.2) is 28.6 Å². The lowest BCUT2D eigenvalue weighted by molar-refractivity contribution is -0.308. The summed E-state index contributed by atoms with van der Waals surface area (Å²) < 4.78 is 59.6. The zero-order valence-corrected chi connectivity index (χ0v) is 6.66. The van der Waals surface area contributed by atoms with Crippen LogP contribution in [0.3, 0.4) is 0 Å². The SMILES string of the molecule is O=CCC(O)(C(F)(F)F)C(F)(F)Cl. The molecule has 0 aromatic heterocycles. The van der Waals surface area contributed by atoms with Gasteiger partial charge in [0.2, 0.25) is 5.60 Å². The summed E-state index contributed by atoms with van der Waals surface area (Å²) >= 11 is 4.04. The third-order valence-electron chi connectivity index (χ3n) is 1.32. The molecule has 0 heterocycles. The van der Waals surface area contributed by atoms with E-state index in [9.17, 15) is 26.7 Å². The summed E-state index contributed by atoms with van der Waals surface area (Å²) in [6, 6.07) is 0. The minimum atomic E-state index is -5.67. The molecule has 0 aromatic carbocycles. The average Bonchev–Trinajstić information content (AvgIpc) is 1.82. The first-order chi connectivity index (χ1) is 5.56. The second-order valence-corrected chi connectivity index (χ2v) is 2.70. The molecule has 0 saturated heterocycles. The van der Waals surface area contributed by atoms with Crippen molar-refractivity contribution in [2.45, 2.75) is 23.6 Å². The van der Waals surface area contributed by atoms with E-state index in [1.54, 1.807) is 0 Å². The van der Waals surface area contributed by atoms with Gasteiger partial charge in [-0.05, 0) is 11.6 Å². The Morgan fingerprint density at radius 2 is 1.62 bits per heavy atom. The molecule has 0 saturated carbocycles. The van der Waals surface area contributed by atoms with Crippen molar-refractivity contribution in [1.82, 2.24) is 0 Å². The van der Waals surface area contributed by atoms with Gasteiger partial charge in [-0.3, -0.25) is 0 Å². The molecular formula is C5H4ClF5O2. The molecule has 0 radical (unpaired) electrons. The predicted octanol–water partition coefficient (Wildman–Crippen LogP) is 1.70. The fraction of sp³-hybridized carbons (Fsp3) is 0.800. The highest BCUT2D eigenvalue weighted by Gasteiger charge is 2.68. The lowest BCUT2D eigenvalue weighted by Crippen LogP contribution is -2.56. The van der Waals surface area contributed by atoms with Crippen molar-refractivity contribution in [2.75, 3.05) is 0 Å². The summed E-state index contributed by atoms with van der Waals surface area (Å²) in [5.74, 6) is 0. The van der Waals surface area contributed by atoms with Gasteiger partial charge in [0.1, 0.15) is 6.29 Å². The van der Waals surface area contributed by atoms with Gasteiger partial charge in [0, 0.05) is 6.42 Å². The van der Waals surface area contributed by atoms with E-state index in [1.165, 1.54) is 0 Å². The molecule has 0 spiro atoms. The number of carbonyl (C=O) groups excluding carboxylic acids is 1. The van der Waals surface area contributed by atoms with Crippen molar-refractivity contribution >= 4 is 17.9 Å². The highest BCUT2D eigenvalue weighted by Crippen LogP contribution is 2.45. The van der Waals surface area contributed by atoms with E-state index in [0.717, 1.165) is 0 Å². The zero-order chi connectivity index (χ0) is 10.9. The van der Waals surface area contributed by atoms with Crippen molar-refractivity contribution in [3.8, 4) is 0 Å². The molecule has 0 aliphatic heterocycles. The van der Waals surface area contributed by atoms with Crippen LogP contribution in [0.4, 0.5) is 22.0 Å². The summed E-state index contributed by atoms with van der Waals surface area (Å²) in [6.45, 7) is 0. The minimum Gasteiger partial charge on any atom is -0.375 e. The highest BCUT2D eigenvalue weighted by molar-refractivity contribution is 6.22. The Kier molecular flexibility index (Phi) is 3.26. The van der Waals surface area contributed by atoms with Crippen molar-refractivity contribution in [3.63, 3.8) is 0 Å². The average molecular weight is 227 g/mol. The molecule has 1 atom stereocenters. The van der Waals surface area contributed by atoms with E-state index in [4.69, 9.17) is 5.11 Å². The van der Waals surface area contributed by atoms with Crippen LogP contribution in [0.5, 0.6) is 0 Å². The Labute approximate surface area is 74.3 Å². The van der Waals surface area contributed by atoms with E-state index in [0.29, 0.717) is 0 Å². The zero-order valence-electron chi connectivity index (χ0n) is 5.91. The molecule has 8 heteroatoms. The first-order valence-corrected chi connectivity index (χ1v) is 3.23. The molecule has 1 N–H and O–H groups in total. The third-order valence-corrected chi connectivity index (χ3v) is 1.63. The van der Waals surface area contributed by atoms with Gasteiger partial charge in [0.25, 0.3) is 0 Å². The topological polar surface area (TPSA) is 37.3 Å². The number of alkyl halides is 6. The van der Waals surface area contributed by atoms with E-state index in [1.807, 2.05) is 0 Å². The Balaban J connectivity index is 5.07. The second-order valence-electron chi connectivity index (χ2n) is 2.23. The number of halogens is 6. The second kappa shape index (κ2) is 3.38. The van der Waals surface area contributed by atoms with Gasteiger partial charge in [-0.1, -0.05) is 0 Å². The van der Waals surface area contributed by atoms with Crippen molar-refractivity contribution in [1.29, 1.82) is 0 Å². The molecule has 78 valence electrons. The van der Waals surface area contributed by atoms with Crippen LogP contribution in [-0.2, 0) is 4.79 Å². The maximum Gasteiger partial charge on any atom is 0.425 e. The Hall–Kier alpha value is -0.430. The highest BCUT2D eigenvalue weighted by atomic mass is 35.5. The van der Waals surface area contributed by atoms with E-state index in [2.05, 4.69) is 11.6 Å². The molecule has 0 bridgehead atoms. The van der Waals surface area contributed by atoms with Gasteiger partial charge >= 0.3 is 11.6 Å². The molecule has 0 aliphatic rings. The summed E-state index contributed by atoms with van der Waals surface area (Å²) in [4.78, 5) is 9.66. The molecule has 0 aliphatic carbocycles. The van der Waals surface area contributed by atoms with Crippen molar-refractivity contribution < 1.29 is 31.9 Å². The van der Waals surface area contributed by atoms with E-state index >= 15 is 0 Å². The van der Waals surface area contributed by atoms with Crippen LogP contribution < -0.4 is 0 Å². The van der Waals surface area contributed by atoms with Crippen LogP contribution in [0.25, 0.3) is 0 Å². The Morgan fingerprint density at radius 3 is 1.69 bits per heavy atom. The van der Waals surface area contributed by atoms with Crippen molar-refractivity contribution in [2.24, 2.45) is 0 Å². The predicted molar refractivity (Wildman–Crippen MR) is 32.5 cm³/mol. The van der Waals surface area contributed by atoms with Gasteiger partial charge in [-0.2, -0.15) is 22.0 Å². The lowest BCUT2D eigenvalue weighted by atomic mass is 10.0. The largest absolute Gasteiger partial charge is 0.425 e. The van der Waals surface area contributed by atoms with Crippen LogP contribution in [0.1, 0.15) is 6.42 Å². The number of carbonyl (C=O) groups is 1. The van der Waals surface area contributed by atoms with Gasteiger partial charge in [-0.15, -0.1) is 0 Å². The fourth-order valence-corrected chi connectivity index (χ4v) is 0.697. The standard InChI is InChI=1S/C5H4ClF5O2/c6-4(7,8)3(13,1-2-12)5(9,10)11/h2,13H,1H2. The Bertz CT molecular complexity index is 182. The van der Waals surface area contributed by atoms with Gasteiger partial charge < -0.3 is 9.90 Å². The number of hydrogen-bond acceptors (Lipinski definition) is 2. The smallest absolute Gasteiger partial charge is 0.375 e. The summed E-state index contributed by atoms with van der Waals surface area (Å²) in [5.41, 5.74) is -4.51. The first-order valence-electron chi connectivity index (χ1n) is 2.86. The van der Waals surface area contributed by atoms with Crippen LogP contribution in [0.2, 0.25) is 0 Å². The van der Waals surface area contributed by atoms with Crippen LogP contribution in [0.15, 0.2) is 0 Å². The summed E-state index contributed by atoms with van der Waals surface area (Å²) in [7, 11) is 0.